The summed E-state index contributed by atoms with van der Waals surface area (Å²) in [6.07, 6.45) is 9.05. The summed E-state index contributed by atoms with van der Waals surface area (Å²) in [6, 6.07) is 0.706. The van der Waals surface area contributed by atoms with Crippen LogP contribution in [0.4, 0.5) is 5.95 Å². The van der Waals surface area contributed by atoms with Crippen molar-refractivity contribution in [3.8, 4) is 0 Å². The van der Waals surface area contributed by atoms with Gasteiger partial charge < -0.3 is 4.90 Å². The molecule has 1 aromatic heterocycles. The number of hydrogen-bond donors (Lipinski definition) is 0. The first-order valence-corrected chi connectivity index (χ1v) is 7.59. The lowest BCUT2D eigenvalue weighted by atomic mass is 10.1. The Kier molecular flexibility index (Phi) is 3.80. The second-order valence-electron chi connectivity index (χ2n) is 5.19. The third kappa shape index (κ3) is 2.67. The molecule has 0 aromatic carbocycles. The molecule has 0 aliphatic carbocycles. The average molecular weight is 311 g/mol. The highest BCUT2D eigenvalue weighted by atomic mass is 79.9. The second kappa shape index (κ2) is 5.53. The fraction of sp³-hybridized carbons (Fsp3) is 0.692. The summed E-state index contributed by atoms with van der Waals surface area (Å²) in [5.41, 5.74) is 0. The third-order valence-corrected chi connectivity index (χ3v) is 4.37. The molecule has 1 aromatic rings. The van der Waals surface area contributed by atoms with Gasteiger partial charge in [0, 0.05) is 31.5 Å². The summed E-state index contributed by atoms with van der Waals surface area (Å²) in [5.74, 6) is 0.873. The fourth-order valence-corrected chi connectivity index (χ4v) is 3.18. The monoisotopic (exact) mass is 310 g/mol. The highest BCUT2D eigenvalue weighted by Gasteiger charge is 2.29. The molecule has 2 aliphatic heterocycles. The van der Waals surface area contributed by atoms with Crippen LogP contribution in [0.2, 0.25) is 0 Å². The topological polar surface area (TPSA) is 32.3 Å². The fourth-order valence-electron chi connectivity index (χ4n) is 2.97. The van der Waals surface area contributed by atoms with Gasteiger partial charge >= 0.3 is 0 Å². The maximum atomic E-state index is 4.39. The molecule has 2 fully saturated rings. The van der Waals surface area contributed by atoms with E-state index in [0.717, 1.165) is 23.5 Å². The van der Waals surface area contributed by atoms with E-state index in [2.05, 4.69) is 35.7 Å². The molecular formula is C13H19BrN4. The van der Waals surface area contributed by atoms with Crippen molar-refractivity contribution >= 4 is 21.9 Å². The minimum atomic E-state index is 0.706. The number of piperidine rings is 1. The molecule has 5 heteroatoms. The standard InChI is InChI=1S/C13H19BrN4/c14-11-8-15-13(16-9-11)18-7-4-12(10-18)17-5-2-1-3-6-17/h8-9,12H,1-7,10H2. The number of likely N-dealkylation sites (tertiary alicyclic amines) is 1. The van der Waals surface area contributed by atoms with E-state index in [1.54, 1.807) is 0 Å². The maximum Gasteiger partial charge on any atom is 0.225 e. The number of nitrogens with zero attached hydrogens (tertiary/aromatic N) is 4. The summed E-state index contributed by atoms with van der Waals surface area (Å²) in [5, 5.41) is 0. The van der Waals surface area contributed by atoms with Gasteiger partial charge in [0.15, 0.2) is 0 Å². The Hall–Kier alpha value is -0.680. The highest BCUT2D eigenvalue weighted by Crippen LogP contribution is 2.23. The lowest BCUT2D eigenvalue weighted by Crippen LogP contribution is -2.41. The number of aromatic nitrogens is 2. The number of hydrogen-bond acceptors (Lipinski definition) is 4. The molecule has 0 radical (unpaired) electrons. The van der Waals surface area contributed by atoms with Gasteiger partial charge in [-0.15, -0.1) is 0 Å². The van der Waals surface area contributed by atoms with Crippen LogP contribution < -0.4 is 4.90 Å². The van der Waals surface area contributed by atoms with Crippen LogP contribution in [0.25, 0.3) is 0 Å². The van der Waals surface area contributed by atoms with E-state index in [9.17, 15) is 0 Å². The van der Waals surface area contributed by atoms with Crippen LogP contribution >= 0.6 is 15.9 Å². The van der Waals surface area contributed by atoms with E-state index >= 15 is 0 Å². The van der Waals surface area contributed by atoms with Crippen molar-refractivity contribution in [2.24, 2.45) is 0 Å². The molecular weight excluding hydrogens is 292 g/mol. The molecule has 2 aliphatic rings. The summed E-state index contributed by atoms with van der Waals surface area (Å²) in [4.78, 5) is 13.7. The summed E-state index contributed by atoms with van der Waals surface area (Å²) in [7, 11) is 0. The molecule has 18 heavy (non-hydrogen) atoms. The zero-order valence-corrected chi connectivity index (χ0v) is 12.1. The smallest absolute Gasteiger partial charge is 0.225 e. The van der Waals surface area contributed by atoms with Gasteiger partial charge in [-0.2, -0.15) is 0 Å². The summed E-state index contributed by atoms with van der Waals surface area (Å²) >= 11 is 3.38. The van der Waals surface area contributed by atoms with Crippen LogP contribution in [0.3, 0.4) is 0 Å². The van der Waals surface area contributed by atoms with E-state index in [1.165, 1.54) is 38.8 Å². The Morgan fingerprint density at radius 3 is 2.50 bits per heavy atom. The zero-order chi connectivity index (χ0) is 12.4. The predicted octanol–water partition coefficient (Wildman–Crippen LogP) is 2.30. The molecule has 0 amide bonds. The van der Waals surface area contributed by atoms with Gasteiger partial charge in [-0.05, 0) is 48.3 Å². The lowest BCUT2D eigenvalue weighted by Gasteiger charge is -2.32. The zero-order valence-electron chi connectivity index (χ0n) is 10.6. The normalized spacial score (nSPS) is 25.6. The van der Waals surface area contributed by atoms with Crippen LogP contribution in [0, 0.1) is 0 Å². The van der Waals surface area contributed by atoms with Crippen molar-refractivity contribution in [3.05, 3.63) is 16.9 Å². The predicted molar refractivity (Wildman–Crippen MR) is 75.8 cm³/mol. The number of rotatable bonds is 2. The third-order valence-electron chi connectivity index (χ3n) is 3.96. The first-order valence-electron chi connectivity index (χ1n) is 6.79. The Morgan fingerprint density at radius 2 is 1.78 bits per heavy atom. The molecule has 98 valence electrons. The molecule has 0 saturated carbocycles. The van der Waals surface area contributed by atoms with Gasteiger partial charge in [0.05, 0.1) is 4.47 Å². The largest absolute Gasteiger partial charge is 0.339 e. The molecule has 1 atom stereocenters. The summed E-state index contributed by atoms with van der Waals surface area (Å²) in [6.45, 7) is 4.73. The lowest BCUT2D eigenvalue weighted by molar-refractivity contribution is 0.174. The molecule has 3 heterocycles. The molecule has 0 bridgehead atoms. The quantitative estimate of drug-likeness (QED) is 0.839. The molecule has 1 unspecified atom stereocenters. The number of halogens is 1. The van der Waals surface area contributed by atoms with E-state index in [0.29, 0.717) is 6.04 Å². The Bertz CT molecular complexity index is 388. The molecule has 0 N–H and O–H groups in total. The van der Waals surface area contributed by atoms with Crippen molar-refractivity contribution < 1.29 is 0 Å². The van der Waals surface area contributed by atoms with Gasteiger partial charge in [0.25, 0.3) is 0 Å². The van der Waals surface area contributed by atoms with Crippen LogP contribution in [0.15, 0.2) is 16.9 Å². The first kappa shape index (κ1) is 12.4. The Morgan fingerprint density at radius 1 is 1.06 bits per heavy atom. The van der Waals surface area contributed by atoms with E-state index < -0.39 is 0 Å². The average Bonchev–Trinajstić information content (AvgIpc) is 2.90. The van der Waals surface area contributed by atoms with Crippen molar-refractivity contribution in [1.29, 1.82) is 0 Å². The Balaban J connectivity index is 1.62. The van der Waals surface area contributed by atoms with Crippen molar-refractivity contribution in [1.82, 2.24) is 14.9 Å². The molecule has 4 nitrogen and oxygen atoms in total. The van der Waals surface area contributed by atoms with Crippen LogP contribution in [-0.2, 0) is 0 Å². The maximum absolute atomic E-state index is 4.39. The van der Waals surface area contributed by atoms with E-state index in [1.807, 2.05) is 12.4 Å². The van der Waals surface area contributed by atoms with Gasteiger partial charge in [0.1, 0.15) is 0 Å². The number of anilines is 1. The molecule has 3 rings (SSSR count). The first-order chi connectivity index (χ1) is 8.83. The van der Waals surface area contributed by atoms with Gasteiger partial charge in [-0.25, -0.2) is 9.97 Å². The molecule has 2 saturated heterocycles. The molecule has 0 spiro atoms. The van der Waals surface area contributed by atoms with Crippen LogP contribution in [0.1, 0.15) is 25.7 Å². The van der Waals surface area contributed by atoms with Crippen molar-refractivity contribution in [2.75, 3.05) is 31.1 Å². The summed E-state index contributed by atoms with van der Waals surface area (Å²) < 4.78 is 0.943. The van der Waals surface area contributed by atoms with E-state index in [4.69, 9.17) is 0 Å². The van der Waals surface area contributed by atoms with Crippen molar-refractivity contribution in [2.45, 2.75) is 31.7 Å². The van der Waals surface area contributed by atoms with Gasteiger partial charge in [-0.1, -0.05) is 6.42 Å². The van der Waals surface area contributed by atoms with Crippen molar-refractivity contribution in [3.63, 3.8) is 0 Å². The van der Waals surface area contributed by atoms with Gasteiger partial charge in [0.2, 0.25) is 5.95 Å². The van der Waals surface area contributed by atoms with Gasteiger partial charge in [-0.3, -0.25) is 4.90 Å². The SMILES string of the molecule is Brc1cnc(N2CCC(N3CCCCC3)C2)nc1. The minimum Gasteiger partial charge on any atom is -0.339 e. The minimum absolute atomic E-state index is 0.706. The van der Waals surface area contributed by atoms with Crippen LogP contribution in [-0.4, -0.2) is 47.1 Å². The second-order valence-corrected chi connectivity index (χ2v) is 6.10. The highest BCUT2D eigenvalue weighted by molar-refractivity contribution is 9.10. The van der Waals surface area contributed by atoms with Crippen LogP contribution in [0.5, 0.6) is 0 Å². The van der Waals surface area contributed by atoms with E-state index in [-0.39, 0.29) is 0 Å². The Labute approximate surface area is 117 Å².